The van der Waals surface area contributed by atoms with Gasteiger partial charge in [-0.1, -0.05) is 42.9 Å². The second-order valence-electron chi connectivity index (χ2n) is 4.62. The van der Waals surface area contributed by atoms with E-state index >= 15 is 0 Å². The Hall–Kier alpha value is -1.30. The Morgan fingerprint density at radius 1 is 1.17 bits per heavy atom. The molecule has 0 aliphatic heterocycles. The van der Waals surface area contributed by atoms with Crippen LogP contribution in [-0.2, 0) is 4.74 Å². The van der Waals surface area contributed by atoms with Gasteiger partial charge in [-0.25, -0.2) is 0 Å². The van der Waals surface area contributed by atoms with Crippen LogP contribution >= 0.6 is 0 Å². The van der Waals surface area contributed by atoms with Crippen LogP contribution in [0.5, 0.6) is 0 Å². The van der Waals surface area contributed by atoms with Gasteiger partial charge in [0.05, 0.1) is 19.3 Å². The molecule has 0 saturated heterocycles. The van der Waals surface area contributed by atoms with E-state index in [-0.39, 0.29) is 0 Å². The summed E-state index contributed by atoms with van der Waals surface area (Å²) in [5.41, 5.74) is 1.07. The average molecular weight is 243 g/mol. The summed E-state index contributed by atoms with van der Waals surface area (Å²) in [6.45, 7) is 2.42. The molecule has 0 bridgehead atoms. The molecule has 96 valence electrons. The average Bonchev–Trinajstić information content (AvgIpc) is 2.92. The van der Waals surface area contributed by atoms with Crippen molar-refractivity contribution >= 4 is 0 Å². The van der Waals surface area contributed by atoms with Crippen LogP contribution in [-0.4, -0.2) is 25.8 Å². The van der Waals surface area contributed by atoms with E-state index in [2.05, 4.69) is 17.2 Å². The molecule has 2 heteroatoms. The van der Waals surface area contributed by atoms with Crippen LogP contribution in [0.4, 0.5) is 0 Å². The molecule has 0 atom stereocenters. The Bertz CT molecular complexity index is 385. The third-order valence-corrected chi connectivity index (χ3v) is 3.15. The maximum Gasteiger partial charge on any atom is 0.0595 e. The maximum absolute atomic E-state index is 5.76. The van der Waals surface area contributed by atoms with E-state index in [4.69, 9.17) is 4.74 Å². The standard InChI is InChI=1S/C16H21NO/c1-2-7-15(8-3-1)9-6-12-17-13-14-18-16-10-4-5-11-16/h1-3,7-8,16-17H,4-5,10-14H2. The van der Waals surface area contributed by atoms with Crippen molar-refractivity contribution in [3.8, 4) is 11.8 Å². The Morgan fingerprint density at radius 2 is 1.94 bits per heavy atom. The van der Waals surface area contributed by atoms with E-state index in [9.17, 15) is 0 Å². The van der Waals surface area contributed by atoms with Gasteiger partial charge in [-0.3, -0.25) is 0 Å². The van der Waals surface area contributed by atoms with Gasteiger partial charge in [0.1, 0.15) is 0 Å². The lowest BCUT2D eigenvalue weighted by Crippen LogP contribution is -2.22. The van der Waals surface area contributed by atoms with Crippen molar-refractivity contribution in [2.24, 2.45) is 0 Å². The molecule has 1 aliphatic rings. The van der Waals surface area contributed by atoms with E-state index in [1.54, 1.807) is 0 Å². The van der Waals surface area contributed by atoms with Gasteiger partial charge in [-0.2, -0.15) is 0 Å². The number of hydrogen-bond donors (Lipinski definition) is 1. The lowest BCUT2D eigenvalue weighted by atomic mass is 10.2. The summed E-state index contributed by atoms with van der Waals surface area (Å²) < 4.78 is 5.76. The van der Waals surface area contributed by atoms with Gasteiger partial charge in [0.2, 0.25) is 0 Å². The Balaban J connectivity index is 1.52. The summed E-state index contributed by atoms with van der Waals surface area (Å²) >= 11 is 0. The lowest BCUT2D eigenvalue weighted by Gasteiger charge is -2.10. The summed E-state index contributed by atoms with van der Waals surface area (Å²) in [5, 5.41) is 3.28. The molecule has 1 N–H and O–H groups in total. The third kappa shape index (κ3) is 4.91. The molecule has 0 radical (unpaired) electrons. The van der Waals surface area contributed by atoms with Crippen LogP contribution < -0.4 is 5.32 Å². The molecule has 0 aromatic heterocycles. The van der Waals surface area contributed by atoms with Crippen molar-refractivity contribution in [2.45, 2.75) is 31.8 Å². The molecule has 18 heavy (non-hydrogen) atoms. The first kappa shape index (κ1) is 13.1. The third-order valence-electron chi connectivity index (χ3n) is 3.15. The van der Waals surface area contributed by atoms with Gasteiger partial charge in [0, 0.05) is 12.1 Å². The SMILES string of the molecule is C(#Cc1ccccc1)CNCCOC1CCCC1. The minimum atomic E-state index is 0.516. The summed E-state index contributed by atoms with van der Waals surface area (Å²) in [6, 6.07) is 10.1. The zero-order valence-corrected chi connectivity index (χ0v) is 10.8. The Labute approximate surface area is 110 Å². The first-order valence-electron chi connectivity index (χ1n) is 6.81. The predicted octanol–water partition coefficient (Wildman–Crippen LogP) is 2.59. The van der Waals surface area contributed by atoms with E-state index in [1.165, 1.54) is 25.7 Å². The molecule has 1 fully saturated rings. The van der Waals surface area contributed by atoms with Gasteiger partial charge < -0.3 is 10.1 Å². The first-order valence-corrected chi connectivity index (χ1v) is 6.81. The summed E-state index contributed by atoms with van der Waals surface area (Å²) in [5.74, 6) is 6.24. The molecule has 2 nitrogen and oxygen atoms in total. The van der Waals surface area contributed by atoms with Crippen LogP contribution in [0.15, 0.2) is 30.3 Å². The van der Waals surface area contributed by atoms with Gasteiger partial charge >= 0.3 is 0 Å². The summed E-state index contributed by atoms with van der Waals surface area (Å²) in [6.07, 6.45) is 5.67. The summed E-state index contributed by atoms with van der Waals surface area (Å²) in [7, 11) is 0. The molecule has 0 heterocycles. The van der Waals surface area contributed by atoms with Crippen molar-refractivity contribution in [1.29, 1.82) is 0 Å². The second-order valence-corrected chi connectivity index (χ2v) is 4.62. The molecule has 1 saturated carbocycles. The van der Waals surface area contributed by atoms with Crippen molar-refractivity contribution in [1.82, 2.24) is 5.32 Å². The highest BCUT2D eigenvalue weighted by molar-refractivity contribution is 5.33. The van der Waals surface area contributed by atoms with Gasteiger partial charge in [-0.05, 0) is 25.0 Å². The van der Waals surface area contributed by atoms with E-state index in [0.29, 0.717) is 6.10 Å². The molecule has 0 amide bonds. The number of rotatable bonds is 5. The van der Waals surface area contributed by atoms with Crippen LogP contribution in [0, 0.1) is 11.8 Å². The minimum absolute atomic E-state index is 0.516. The predicted molar refractivity (Wildman–Crippen MR) is 74.4 cm³/mol. The number of hydrogen-bond acceptors (Lipinski definition) is 2. The fourth-order valence-corrected chi connectivity index (χ4v) is 2.17. The van der Waals surface area contributed by atoms with E-state index < -0.39 is 0 Å². The van der Waals surface area contributed by atoms with E-state index in [1.807, 2.05) is 30.3 Å². The topological polar surface area (TPSA) is 21.3 Å². The van der Waals surface area contributed by atoms with Gasteiger partial charge in [-0.15, -0.1) is 0 Å². The highest BCUT2D eigenvalue weighted by atomic mass is 16.5. The van der Waals surface area contributed by atoms with Crippen LogP contribution in [0.25, 0.3) is 0 Å². The van der Waals surface area contributed by atoms with Crippen LogP contribution in [0.2, 0.25) is 0 Å². The fraction of sp³-hybridized carbons (Fsp3) is 0.500. The zero-order valence-electron chi connectivity index (χ0n) is 10.8. The number of nitrogens with one attached hydrogen (secondary N) is 1. The van der Waals surface area contributed by atoms with Crippen molar-refractivity contribution in [2.75, 3.05) is 19.7 Å². The molecule has 1 aliphatic carbocycles. The van der Waals surface area contributed by atoms with Crippen LogP contribution in [0.1, 0.15) is 31.2 Å². The fourth-order valence-electron chi connectivity index (χ4n) is 2.17. The molecule has 1 aromatic rings. The monoisotopic (exact) mass is 243 g/mol. The summed E-state index contributed by atoms with van der Waals surface area (Å²) in [4.78, 5) is 0. The number of ether oxygens (including phenoxy) is 1. The smallest absolute Gasteiger partial charge is 0.0595 e. The molecule has 2 rings (SSSR count). The molecular formula is C16H21NO. The Morgan fingerprint density at radius 3 is 2.72 bits per heavy atom. The number of benzene rings is 1. The van der Waals surface area contributed by atoms with Crippen molar-refractivity contribution < 1.29 is 4.74 Å². The zero-order chi connectivity index (χ0) is 12.5. The molecule has 0 spiro atoms. The van der Waals surface area contributed by atoms with Gasteiger partial charge in [0.15, 0.2) is 0 Å². The quantitative estimate of drug-likeness (QED) is 0.634. The Kier molecular flexibility index (Phi) is 5.78. The highest BCUT2D eigenvalue weighted by Gasteiger charge is 2.14. The highest BCUT2D eigenvalue weighted by Crippen LogP contribution is 2.20. The normalized spacial score (nSPS) is 15.3. The lowest BCUT2D eigenvalue weighted by molar-refractivity contribution is 0.0609. The van der Waals surface area contributed by atoms with Crippen molar-refractivity contribution in [3.63, 3.8) is 0 Å². The largest absolute Gasteiger partial charge is 0.377 e. The first-order chi connectivity index (χ1) is 8.95. The molecule has 1 aromatic carbocycles. The molecule has 0 unspecified atom stereocenters. The maximum atomic E-state index is 5.76. The van der Waals surface area contributed by atoms with E-state index in [0.717, 1.165) is 25.3 Å². The van der Waals surface area contributed by atoms with Crippen molar-refractivity contribution in [3.05, 3.63) is 35.9 Å². The second kappa shape index (κ2) is 7.92. The van der Waals surface area contributed by atoms with Gasteiger partial charge in [0.25, 0.3) is 0 Å². The minimum Gasteiger partial charge on any atom is -0.377 e. The molecular weight excluding hydrogens is 222 g/mol. The van der Waals surface area contributed by atoms with Crippen LogP contribution in [0.3, 0.4) is 0 Å².